The highest BCUT2D eigenvalue weighted by Gasteiger charge is 2.51. The van der Waals surface area contributed by atoms with E-state index in [1.54, 1.807) is 0 Å². The van der Waals surface area contributed by atoms with Gasteiger partial charge in [0.2, 0.25) is 5.91 Å². The second-order valence-corrected chi connectivity index (χ2v) is 6.04. The minimum atomic E-state index is -0.859. The molecule has 110 valence electrons. The van der Waals surface area contributed by atoms with E-state index in [1.807, 2.05) is 43.3 Å². The number of aryl methyl sites for hydroxylation is 1. The number of benzene rings is 1. The van der Waals surface area contributed by atoms with Gasteiger partial charge in [-0.25, -0.2) is 0 Å². The van der Waals surface area contributed by atoms with Gasteiger partial charge in [-0.3, -0.25) is 9.59 Å². The van der Waals surface area contributed by atoms with Gasteiger partial charge in [-0.05, 0) is 30.7 Å². The summed E-state index contributed by atoms with van der Waals surface area (Å²) in [6.45, 7) is 2.46. The Morgan fingerprint density at radius 3 is 2.38 bits per heavy atom. The number of aliphatic carboxylic acids is 1. The van der Waals surface area contributed by atoms with Crippen LogP contribution in [0.5, 0.6) is 0 Å². The second kappa shape index (κ2) is 5.35. The minimum Gasteiger partial charge on any atom is -0.481 e. The van der Waals surface area contributed by atoms with E-state index >= 15 is 0 Å². The number of rotatable bonds is 4. The van der Waals surface area contributed by atoms with Gasteiger partial charge in [0.1, 0.15) is 0 Å². The SMILES string of the molecule is Cc1ccc(CNC(=O)[C@H]2[C@@H](C(=O)O)[C@H]3C=C[C@@H]2C3)cc1. The second-order valence-electron chi connectivity index (χ2n) is 6.04. The number of amides is 1. The van der Waals surface area contributed by atoms with Crippen molar-refractivity contribution in [1.29, 1.82) is 0 Å². The molecule has 0 aliphatic heterocycles. The lowest BCUT2D eigenvalue weighted by atomic mass is 9.82. The third kappa shape index (κ3) is 2.58. The molecule has 1 aromatic carbocycles. The molecule has 2 aliphatic rings. The third-order valence-corrected chi connectivity index (χ3v) is 4.63. The first kappa shape index (κ1) is 13.9. The summed E-state index contributed by atoms with van der Waals surface area (Å²) in [4.78, 5) is 23.8. The summed E-state index contributed by atoms with van der Waals surface area (Å²) in [6.07, 6.45) is 4.74. The molecule has 4 nitrogen and oxygen atoms in total. The number of carboxylic acid groups (broad SMARTS) is 1. The Balaban J connectivity index is 1.66. The fourth-order valence-corrected chi connectivity index (χ4v) is 3.53. The van der Waals surface area contributed by atoms with Crippen molar-refractivity contribution in [3.8, 4) is 0 Å². The lowest BCUT2D eigenvalue weighted by molar-refractivity contribution is -0.147. The average molecular weight is 285 g/mol. The summed E-state index contributed by atoms with van der Waals surface area (Å²) < 4.78 is 0. The van der Waals surface area contributed by atoms with Crippen LogP contribution in [0.4, 0.5) is 0 Å². The smallest absolute Gasteiger partial charge is 0.307 e. The van der Waals surface area contributed by atoms with E-state index < -0.39 is 17.8 Å². The average Bonchev–Trinajstić information content (AvgIpc) is 3.06. The highest BCUT2D eigenvalue weighted by Crippen LogP contribution is 2.48. The Morgan fingerprint density at radius 1 is 1.14 bits per heavy atom. The van der Waals surface area contributed by atoms with Crippen LogP contribution in [0, 0.1) is 30.6 Å². The Morgan fingerprint density at radius 2 is 1.76 bits per heavy atom. The third-order valence-electron chi connectivity index (χ3n) is 4.63. The van der Waals surface area contributed by atoms with Gasteiger partial charge in [-0.15, -0.1) is 0 Å². The van der Waals surface area contributed by atoms with Crippen molar-refractivity contribution < 1.29 is 14.7 Å². The van der Waals surface area contributed by atoms with E-state index in [4.69, 9.17) is 0 Å². The number of carbonyl (C=O) groups is 2. The maximum atomic E-state index is 12.4. The molecule has 0 spiro atoms. The summed E-state index contributed by atoms with van der Waals surface area (Å²) in [7, 11) is 0. The summed E-state index contributed by atoms with van der Waals surface area (Å²) >= 11 is 0. The van der Waals surface area contributed by atoms with Crippen molar-refractivity contribution in [2.75, 3.05) is 0 Å². The van der Waals surface area contributed by atoms with Gasteiger partial charge in [-0.2, -0.15) is 0 Å². The summed E-state index contributed by atoms with van der Waals surface area (Å²) in [5.74, 6) is -1.90. The zero-order chi connectivity index (χ0) is 15.0. The van der Waals surface area contributed by atoms with Gasteiger partial charge in [0.15, 0.2) is 0 Å². The molecule has 21 heavy (non-hydrogen) atoms. The Bertz CT molecular complexity index is 591. The minimum absolute atomic E-state index is 0.0163. The molecule has 0 saturated heterocycles. The predicted octanol–water partition coefficient (Wildman–Crippen LogP) is 2.13. The maximum absolute atomic E-state index is 12.4. The fraction of sp³-hybridized carbons (Fsp3) is 0.412. The first-order valence-electron chi connectivity index (χ1n) is 7.30. The van der Waals surface area contributed by atoms with Crippen molar-refractivity contribution in [2.24, 2.45) is 23.7 Å². The standard InChI is InChI=1S/C17H19NO3/c1-10-2-4-11(5-3-10)9-18-16(19)14-12-6-7-13(8-12)15(14)17(20)21/h2-7,12-15H,8-9H2,1H3,(H,18,19)(H,20,21)/t12-,13+,14-,15+/m1/s1. The van der Waals surface area contributed by atoms with Crippen molar-refractivity contribution in [2.45, 2.75) is 19.9 Å². The molecule has 2 N–H and O–H groups in total. The Labute approximate surface area is 123 Å². The van der Waals surface area contributed by atoms with Crippen LogP contribution in [-0.2, 0) is 16.1 Å². The van der Waals surface area contributed by atoms with Gasteiger partial charge in [0.25, 0.3) is 0 Å². The molecule has 4 atom stereocenters. The summed E-state index contributed by atoms with van der Waals surface area (Å²) in [6, 6.07) is 7.96. The van der Waals surface area contributed by atoms with Gasteiger partial charge >= 0.3 is 5.97 Å². The van der Waals surface area contributed by atoms with E-state index in [2.05, 4.69) is 5.32 Å². The molecule has 1 amide bonds. The molecule has 0 heterocycles. The number of allylic oxidation sites excluding steroid dienone is 2. The molecule has 0 unspecified atom stereocenters. The first-order valence-corrected chi connectivity index (χ1v) is 7.30. The van der Waals surface area contributed by atoms with Gasteiger partial charge < -0.3 is 10.4 Å². The zero-order valence-corrected chi connectivity index (χ0v) is 12.0. The summed E-state index contributed by atoms with van der Waals surface area (Å²) in [5, 5.41) is 12.3. The van der Waals surface area contributed by atoms with Crippen LogP contribution in [0.3, 0.4) is 0 Å². The molecule has 3 rings (SSSR count). The van der Waals surface area contributed by atoms with E-state index in [-0.39, 0.29) is 17.7 Å². The van der Waals surface area contributed by atoms with Crippen molar-refractivity contribution in [1.82, 2.24) is 5.32 Å². The Kier molecular flexibility index (Phi) is 3.53. The first-order chi connectivity index (χ1) is 10.1. The van der Waals surface area contributed by atoms with Gasteiger partial charge in [-0.1, -0.05) is 42.0 Å². The maximum Gasteiger partial charge on any atom is 0.307 e. The van der Waals surface area contributed by atoms with Crippen LogP contribution in [0.1, 0.15) is 17.5 Å². The molecule has 1 aromatic rings. The van der Waals surface area contributed by atoms with Crippen molar-refractivity contribution >= 4 is 11.9 Å². The largest absolute Gasteiger partial charge is 0.481 e. The number of nitrogens with one attached hydrogen (secondary N) is 1. The van der Waals surface area contributed by atoms with Crippen LogP contribution in [-0.4, -0.2) is 17.0 Å². The molecular weight excluding hydrogens is 266 g/mol. The molecular formula is C17H19NO3. The number of fused-ring (bicyclic) bond motifs is 2. The monoisotopic (exact) mass is 285 g/mol. The lowest BCUT2D eigenvalue weighted by Crippen LogP contribution is -2.39. The van der Waals surface area contributed by atoms with E-state index in [0.29, 0.717) is 6.54 Å². The van der Waals surface area contributed by atoms with Crippen LogP contribution in [0.15, 0.2) is 36.4 Å². The van der Waals surface area contributed by atoms with Gasteiger partial charge in [0.05, 0.1) is 11.8 Å². The molecule has 1 saturated carbocycles. The van der Waals surface area contributed by atoms with E-state index in [0.717, 1.165) is 12.0 Å². The van der Waals surface area contributed by atoms with Crippen molar-refractivity contribution in [3.05, 3.63) is 47.5 Å². The molecule has 4 heteroatoms. The lowest BCUT2D eigenvalue weighted by Gasteiger charge is -2.23. The van der Waals surface area contributed by atoms with Crippen molar-refractivity contribution in [3.63, 3.8) is 0 Å². The fourth-order valence-electron chi connectivity index (χ4n) is 3.53. The van der Waals surface area contributed by atoms with Crippen LogP contribution in [0.2, 0.25) is 0 Å². The zero-order valence-electron chi connectivity index (χ0n) is 12.0. The number of carboxylic acids is 1. The Hall–Kier alpha value is -2.10. The highest BCUT2D eigenvalue weighted by molar-refractivity contribution is 5.86. The van der Waals surface area contributed by atoms with Gasteiger partial charge in [0, 0.05) is 6.54 Å². The highest BCUT2D eigenvalue weighted by atomic mass is 16.4. The number of hydrogen-bond donors (Lipinski definition) is 2. The molecule has 1 fully saturated rings. The topological polar surface area (TPSA) is 66.4 Å². The molecule has 0 radical (unpaired) electrons. The number of hydrogen-bond acceptors (Lipinski definition) is 2. The van der Waals surface area contributed by atoms with Crippen LogP contribution in [0.25, 0.3) is 0 Å². The number of carbonyl (C=O) groups excluding carboxylic acids is 1. The molecule has 0 aromatic heterocycles. The van der Waals surface area contributed by atoms with E-state index in [9.17, 15) is 14.7 Å². The van der Waals surface area contributed by atoms with E-state index in [1.165, 1.54) is 5.56 Å². The molecule has 2 bridgehead atoms. The summed E-state index contributed by atoms with van der Waals surface area (Å²) in [5.41, 5.74) is 2.20. The van der Waals surface area contributed by atoms with Crippen LogP contribution < -0.4 is 5.32 Å². The quantitative estimate of drug-likeness (QED) is 0.833. The predicted molar refractivity (Wildman–Crippen MR) is 78.4 cm³/mol. The normalized spacial score (nSPS) is 29.6. The molecule has 2 aliphatic carbocycles. The van der Waals surface area contributed by atoms with Crippen LogP contribution >= 0.6 is 0 Å².